The van der Waals surface area contributed by atoms with Gasteiger partial charge in [-0.1, -0.05) is 48.6 Å². The molecule has 0 aromatic heterocycles. The SMILES string of the molecule is CN(CCSc1ccccc1)Cc1cccc(C(N)=S)c1. The van der Waals surface area contributed by atoms with E-state index in [1.165, 1.54) is 10.5 Å². The van der Waals surface area contributed by atoms with Crippen LogP contribution in [0.2, 0.25) is 0 Å². The van der Waals surface area contributed by atoms with E-state index in [0.29, 0.717) is 4.99 Å². The average Bonchev–Trinajstić information content (AvgIpc) is 2.48. The molecule has 0 amide bonds. The lowest BCUT2D eigenvalue weighted by Crippen LogP contribution is -2.21. The molecular formula is C17H20N2S2. The highest BCUT2D eigenvalue weighted by Crippen LogP contribution is 2.17. The topological polar surface area (TPSA) is 29.3 Å². The highest BCUT2D eigenvalue weighted by Gasteiger charge is 2.03. The van der Waals surface area contributed by atoms with Gasteiger partial charge in [-0.15, -0.1) is 11.8 Å². The molecule has 0 saturated heterocycles. The molecule has 2 aromatic carbocycles. The molecule has 0 aliphatic carbocycles. The molecule has 4 heteroatoms. The van der Waals surface area contributed by atoms with Crippen molar-refractivity contribution in [2.45, 2.75) is 11.4 Å². The van der Waals surface area contributed by atoms with Gasteiger partial charge in [0.05, 0.1) is 0 Å². The molecule has 0 atom stereocenters. The van der Waals surface area contributed by atoms with Crippen molar-refractivity contribution in [1.29, 1.82) is 0 Å². The summed E-state index contributed by atoms with van der Waals surface area (Å²) < 4.78 is 0. The van der Waals surface area contributed by atoms with Crippen molar-refractivity contribution >= 4 is 29.0 Å². The van der Waals surface area contributed by atoms with Crippen LogP contribution in [-0.4, -0.2) is 29.2 Å². The fourth-order valence-electron chi connectivity index (χ4n) is 2.05. The van der Waals surface area contributed by atoms with Crippen molar-refractivity contribution < 1.29 is 0 Å². The standard InChI is InChI=1S/C17H20N2S2/c1-19(10-11-21-16-8-3-2-4-9-16)13-14-6-5-7-15(12-14)17(18)20/h2-9,12H,10-11,13H2,1H3,(H2,18,20). The van der Waals surface area contributed by atoms with Crippen LogP contribution in [0.5, 0.6) is 0 Å². The summed E-state index contributed by atoms with van der Waals surface area (Å²) >= 11 is 6.91. The van der Waals surface area contributed by atoms with Gasteiger partial charge in [-0.25, -0.2) is 0 Å². The zero-order valence-electron chi connectivity index (χ0n) is 12.2. The number of hydrogen-bond donors (Lipinski definition) is 1. The summed E-state index contributed by atoms with van der Waals surface area (Å²) in [7, 11) is 2.14. The number of nitrogens with zero attached hydrogens (tertiary/aromatic N) is 1. The van der Waals surface area contributed by atoms with Crippen LogP contribution >= 0.6 is 24.0 Å². The van der Waals surface area contributed by atoms with Crippen LogP contribution < -0.4 is 5.73 Å². The van der Waals surface area contributed by atoms with Gasteiger partial charge in [0.25, 0.3) is 0 Å². The van der Waals surface area contributed by atoms with Gasteiger partial charge in [-0.3, -0.25) is 0 Å². The number of thiocarbonyl (C=S) groups is 1. The van der Waals surface area contributed by atoms with E-state index in [2.05, 4.69) is 48.3 Å². The second-order valence-electron chi connectivity index (χ2n) is 4.96. The molecule has 0 heterocycles. The monoisotopic (exact) mass is 316 g/mol. The summed E-state index contributed by atoms with van der Waals surface area (Å²) in [5.74, 6) is 1.08. The fraction of sp³-hybridized carbons (Fsp3) is 0.235. The lowest BCUT2D eigenvalue weighted by atomic mass is 10.1. The van der Waals surface area contributed by atoms with Crippen molar-refractivity contribution in [3.63, 3.8) is 0 Å². The normalized spacial score (nSPS) is 10.8. The zero-order valence-corrected chi connectivity index (χ0v) is 13.8. The first-order valence-electron chi connectivity index (χ1n) is 6.90. The second kappa shape index (κ2) is 8.17. The summed E-state index contributed by atoms with van der Waals surface area (Å²) in [6, 6.07) is 18.7. The second-order valence-corrected chi connectivity index (χ2v) is 6.57. The Kier molecular flexibility index (Phi) is 6.23. The third-order valence-corrected chi connectivity index (χ3v) is 4.38. The lowest BCUT2D eigenvalue weighted by Gasteiger charge is -2.17. The number of hydrogen-bond acceptors (Lipinski definition) is 3. The van der Waals surface area contributed by atoms with Crippen molar-refractivity contribution in [1.82, 2.24) is 4.90 Å². The van der Waals surface area contributed by atoms with Crippen LogP contribution in [0.15, 0.2) is 59.5 Å². The predicted octanol–water partition coefficient (Wildman–Crippen LogP) is 3.54. The molecule has 21 heavy (non-hydrogen) atoms. The van der Waals surface area contributed by atoms with Crippen LogP contribution in [0.3, 0.4) is 0 Å². The number of nitrogens with two attached hydrogens (primary N) is 1. The van der Waals surface area contributed by atoms with E-state index < -0.39 is 0 Å². The Morgan fingerprint density at radius 1 is 1.14 bits per heavy atom. The molecule has 0 aliphatic heterocycles. The zero-order chi connectivity index (χ0) is 15.1. The Bertz CT molecular complexity index is 584. The van der Waals surface area contributed by atoms with Gasteiger partial charge < -0.3 is 10.6 Å². The summed E-state index contributed by atoms with van der Waals surface area (Å²) in [6.07, 6.45) is 0. The minimum absolute atomic E-state index is 0.458. The molecule has 0 unspecified atom stereocenters. The molecule has 0 fully saturated rings. The smallest absolute Gasteiger partial charge is 0.103 e. The van der Waals surface area contributed by atoms with E-state index in [-0.39, 0.29) is 0 Å². The largest absolute Gasteiger partial charge is 0.389 e. The van der Waals surface area contributed by atoms with Crippen molar-refractivity contribution in [2.24, 2.45) is 5.73 Å². The van der Waals surface area contributed by atoms with E-state index in [9.17, 15) is 0 Å². The third-order valence-electron chi connectivity index (χ3n) is 3.15. The molecule has 2 rings (SSSR count). The minimum Gasteiger partial charge on any atom is -0.389 e. The summed E-state index contributed by atoms with van der Waals surface area (Å²) in [5.41, 5.74) is 7.86. The van der Waals surface area contributed by atoms with Gasteiger partial charge in [0, 0.05) is 29.3 Å². The van der Waals surface area contributed by atoms with E-state index in [4.69, 9.17) is 18.0 Å². The molecule has 2 nitrogen and oxygen atoms in total. The van der Waals surface area contributed by atoms with Gasteiger partial charge in [0.1, 0.15) is 4.99 Å². The maximum Gasteiger partial charge on any atom is 0.103 e. The van der Waals surface area contributed by atoms with Gasteiger partial charge in [0.2, 0.25) is 0 Å². The highest BCUT2D eigenvalue weighted by molar-refractivity contribution is 7.99. The minimum atomic E-state index is 0.458. The lowest BCUT2D eigenvalue weighted by molar-refractivity contribution is 0.348. The Morgan fingerprint density at radius 2 is 1.90 bits per heavy atom. The quantitative estimate of drug-likeness (QED) is 0.625. The van der Waals surface area contributed by atoms with Crippen LogP contribution in [0.4, 0.5) is 0 Å². The first-order valence-corrected chi connectivity index (χ1v) is 8.29. The van der Waals surface area contributed by atoms with E-state index >= 15 is 0 Å². The Labute approximate surface area is 136 Å². The molecule has 110 valence electrons. The molecule has 0 bridgehead atoms. The maximum atomic E-state index is 5.67. The van der Waals surface area contributed by atoms with Crippen molar-refractivity contribution in [3.8, 4) is 0 Å². The Morgan fingerprint density at radius 3 is 2.62 bits per heavy atom. The molecule has 0 aliphatic rings. The third kappa shape index (κ3) is 5.50. The molecule has 2 aromatic rings. The molecule has 0 saturated carbocycles. The predicted molar refractivity (Wildman–Crippen MR) is 95.8 cm³/mol. The average molecular weight is 316 g/mol. The summed E-state index contributed by atoms with van der Waals surface area (Å²) in [5, 5.41) is 0. The molecule has 0 spiro atoms. The van der Waals surface area contributed by atoms with Gasteiger partial charge in [-0.2, -0.15) is 0 Å². The Balaban J connectivity index is 1.80. The molecule has 2 N–H and O–H groups in total. The summed E-state index contributed by atoms with van der Waals surface area (Å²) in [6.45, 7) is 1.95. The summed E-state index contributed by atoms with van der Waals surface area (Å²) in [4.78, 5) is 4.09. The highest BCUT2D eigenvalue weighted by atomic mass is 32.2. The number of rotatable bonds is 7. The van der Waals surface area contributed by atoms with E-state index in [1.807, 2.05) is 30.0 Å². The Hall–Kier alpha value is -1.36. The van der Waals surface area contributed by atoms with Gasteiger partial charge >= 0.3 is 0 Å². The van der Waals surface area contributed by atoms with Crippen molar-refractivity contribution in [2.75, 3.05) is 19.3 Å². The van der Waals surface area contributed by atoms with E-state index in [1.54, 1.807) is 0 Å². The van der Waals surface area contributed by atoms with Crippen LogP contribution in [0.1, 0.15) is 11.1 Å². The number of thioether (sulfide) groups is 1. The fourth-order valence-corrected chi connectivity index (χ4v) is 3.16. The first kappa shape index (κ1) is 16.0. The molecule has 0 radical (unpaired) electrons. The number of benzene rings is 2. The first-order chi connectivity index (χ1) is 10.1. The van der Waals surface area contributed by atoms with E-state index in [0.717, 1.165) is 24.4 Å². The van der Waals surface area contributed by atoms with Gasteiger partial charge in [-0.05, 0) is 30.8 Å². The van der Waals surface area contributed by atoms with Gasteiger partial charge in [0.15, 0.2) is 0 Å². The van der Waals surface area contributed by atoms with Crippen LogP contribution in [-0.2, 0) is 6.54 Å². The van der Waals surface area contributed by atoms with Crippen LogP contribution in [0.25, 0.3) is 0 Å². The maximum absolute atomic E-state index is 5.67. The van der Waals surface area contributed by atoms with Crippen LogP contribution in [0, 0.1) is 0 Å². The van der Waals surface area contributed by atoms with Crippen molar-refractivity contribution in [3.05, 3.63) is 65.7 Å². The molecular weight excluding hydrogens is 296 g/mol.